The molecular formula is C48H78NO9P. The molecule has 0 radical (unpaired) electrons. The van der Waals surface area contributed by atoms with E-state index in [4.69, 9.17) is 18.5 Å². The van der Waals surface area contributed by atoms with Gasteiger partial charge in [-0.3, -0.25) is 14.2 Å². The van der Waals surface area contributed by atoms with Crippen LogP contribution in [0.2, 0.25) is 0 Å². The van der Waals surface area contributed by atoms with Gasteiger partial charge in [-0.1, -0.05) is 136 Å². The molecule has 0 rings (SSSR count). The minimum absolute atomic E-state index is 0.0225. The lowest BCUT2D eigenvalue weighted by atomic mass is 10.1. The highest BCUT2D eigenvalue weighted by molar-refractivity contribution is 7.45. The second kappa shape index (κ2) is 38.8. The maximum absolute atomic E-state index is 12.7. The summed E-state index contributed by atoms with van der Waals surface area (Å²) < 4.78 is 33.6. The molecule has 0 aromatic carbocycles. The number of ether oxygens (including phenoxy) is 2. The van der Waals surface area contributed by atoms with Crippen molar-refractivity contribution in [1.82, 2.24) is 0 Å². The standard InChI is InChI=1S/C48H78NO9P/c1-6-8-10-12-14-16-18-20-21-22-23-25-27-29-31-33-35-39-47(51)55-43-46(44-57-59(53,54)56-42-41-49(3,4)5)58-48(52)40-36-38-45(50)37-34-32-30-28-26-24-19-17-15-13-11-9-7-2/h8,10,14-17,20-21,23-26,29-32,34,37,45-46,50H,6-7,9,11-13,18-19,22,27-28,33,35-36,38-44H2,1-5H3/b10-8-,16-14-,17-15-,21-20-,25-23-,26-24-,31-29-,32-30-,37-34+/t45-,46+/m0/s1. The van der Waals surface area contributed by atoms with Crippen molar-refractivity contribution in [3.63, 3.8) is 0 Å². The lowest BCUT2D eigenvalue weighted by molar-refractivity contribution is -0.870. The molecule has 10 nitrogen and oxygen atoms in total. The highest BCUT2D eigenvalue weighted by atomic mass is 31.2. The number of allylic oxidation sites excluding steroid dienone is 17. The minimum Gasteiger partial charge on any atom is -0.756 e. The van der Waals surface area contributed by atoms with Crippen LogP contribution in [0.3, 0.4) is 0 Å². The molecule has 334 valence electrons. The van der Waals surface area contributed by atoms with E-state index < -0.39 is 38.6 Å². The summed E-state index contributed by atoms with van der Waals surface area (Å²) in [6.45, 7) is 3.75. The Labute approximate surface area is 358 Å². The number of unbranched alkanes of at least 4 members (excludes halogenated alkanes) is 4. The van der Waals surface area contributed by atoms with Crippen molar-refractivity contribution in [2.24, 2.45) is 0 Å². The molecule has 1 unspecified atom stereocenters. The summed E-state index contributed by atoms with van der Waals surface area (Å²) in [7, 11) is 0.995. The number of rotatable bonds is 37. The van der Waals surface area contributed by atoms with E-state index >= 15 is 0 Å². The third-order valence-electron chi connectivity index (χ3n) is 8.38. The van der Waals surface area contributed by atoms with Crippen LogP contribution in [-0.4, -0.2) is 81.2 Å². The first-order valence-electron chi connectivity index (χ1n) is 21.7. The zero-order valence-electron chi connectivity index (χ0n) is 37.0. The fourth-order valence-electron chi connectivity index (χ4n) is 4.97. The van der Waals surface area contributed by atoms with E-state index in [0.717, 1.165) is 51.4 Å². The highest BCUT2D eigenvalue weighted by Gasteiger charge is 2.22. The minimum atomic E-state index is -4.70. The molecule has 59 heavy (non-hydrogen) atoms. The van der Waals surface area contributed by atoms with Gasteiger partial charge in [0.1, 0.15) is 19.8 Å². The predicted molar refractivity (Wildman–Crippen MR) is 241 cm³/mol. The average molecular weight is 844 g/mol. The number of carbonyl (C=O) groups is 2. The van der Waals surface area contributed by atoms with Gasteiger partial charge in [0.25, 0.3) is 7.82 Å². The second-order valence-electron chi connectivity index (χ2n) is 15.2. The van der Waals surface area contributed by atoms with Gasteiger partial charge in [-0.2, -0.15) is 0 Å². The normalized spacial score (nSPS) is 15.2. The molecule has 1 N–H and O–H groups in total. The fraction of sp³-hybridized carbons (Fsp3) is 0.583. The number of carbonyl (C=O) groups excluding carboxylic acids is 2. The number of phosphoric ester groups is 1. The smallest absolute Gasteiger partial charge is 0.306 e. The van der Waals surface area contributed by atoms with Gasteiger partial charge in [-0.05, 0) is 83.5 Å². The number of quaternary nitrogens is 1. The van der Waals surface area contributed by atoms with Crippen LogP contribution < -0.4 is 4.89 Å². The fourth-order valence-corrected chi connectivity index (χ4v) is 5.70. The van der Waals surface area contributed by atoms with E-state index in [2.05, 4.69) is 92.8 Å². The zero-order valence-corrected chi connectivity index (χ0v) is 37.9. The number of aliphatic hydroxyl groups excluding tert-OH is 1. The zero-order chi connectivity index (χ0) is 43.7. The Morgan fingerprint density at radius 3 is 1.73 bits per heavy atom. The van der Waals surface area contributed by atoms with Gasteiger partial charge in [-0.25, -0.2) is 0 Å². The van der Waals surface area contributed by atoms with Crippen molar-refractivity contribution < 1.29 is 47.2 Å². The monoisotopic (exact) mass is 844 g/mol. The van der Waals surface area contributed by atoms with Crippen molar-refractivity contribution >= 4 is 19.8 Å². The van der Waals surface area contributed by atoms with Crippen LogP contribution in [0.4, 0.5) is 0 Å². The van der Waals surface area contributed by atoms with Gasteiger partial charge in [-0.15, -0.1) is 0 Å². The maximum atomic E-state index is 12.7. The van der Waals surface area contributed by atoms with E-state index in [1.807, 2.05) is 39.4 Å². The van der Waals surface area contributed by atoms with Gasteiger partial charge in [0, 0.05) is 12.8 Å². The number of hydrogen-bond donors (Lipinski definition) is 1. The van der Waals surface area contributed by atoms with Gasteiger partial charge < -0.3 is 33.0 Å². The molecule has 0 heterocycles. The largest absolute Gasteiger partial charge is 0.756 e. The van der Waals surface area contributed by atoms with Crippen LogP contribution in [0.15, 0.2) is 109 Å². The third kappa shape index (κ3) is 42.6. The number of nitrogens with zero attached hydrogens (tertiary/aromatic N) is 1. The van der Waals surface area contributed by atoms with Crippen molar-refractivity contribution in [3.05, 3.63) is 109 Å². The van der Waals surface area contributed by atoms with Crippen LogP contribution in [0.5, 0.6) is 0 Å². The first-order valence-corrected chi connectivity index (χ1v) is 23.2. The van der Waals surface area contributed by atoms with Crippen LogP contribution >= 0.6 is 7.82 Å². The Kier molecular flexibility index (Phi) is 36.6. The molecule has 0 aromatic heterocycles. The lowest BCUT2D eigenvalue weighted by Gasteiger charge is -2.28. The summed E-state index contributed by atoms with van der Waals surface area (Å²) in [6.07, 6.45) is 48.7. The molecule has 0 spiro atoms. The second-order valence-corrected chi connectivity index (χ2v) is 16.6. The number of likely N-dealkylation sites (N-methyl/N-ethyl adjacent to an activating group) is 1. The van der Waals surface area contributed by atoms with Crippen molar-refractivity contribution in [2.75, 3.05) is 47.5 Å². The highest BCUT2D eigenvalue weighted by Crippen LogP contribution is 2.38. The summed E-state index contributed by atoms with van der Waals surface area (Å²) in [5.41, 5.74) is 0. The lowest BCUT2D eigenvalue weighted by Crippen LogP contribution is -2.37. The summed E-state index contributed by atoms with van der Waals surface area (Å²) in [6, 6.07) is 0. The SMILES string of the molecule is CC/C=C\C/C=C\C/C=C\C/C=C\C/C=C\CCCC(=O)OC[C@H](COP(=O)([O-])OCC[N+](C)(C)C)OC(=O)CCC[C@@H](O)/C=C/C=C\C/C=C\C/C=C\CCCCC. The Morgan fingerprint density at radius 2 is 1.17 bits per heavy atom. The first kappa shape index (κ1) is 55.6. The van der Waals surface area contributed by atoms with E-state index in [1.54, 1.807) is 12.2 Å². The number of phosphoric acid groups is 1. The molecule has 0 amide bonds. The number of hydrogen-bond acceptors (Lipinski definition) is 9. The molecule has 0 bridgehead atoms. The summed E-state index contributed by atoms with van der Waals surface area (Å²) in [5, 5.41) is 10.3. The molecule has 0 saturated carbocycles. The van der Waals surface area contributed by atoms with E-state index in [-0.39, 0.29) is 26.1 Å². The van der Waals surface area contributed by atoms with Gasteiger partial charge in [0.05, 0.1) is 33.9 Å². The molecule has 0 fully saturated rings. The summed E-state index contributed by atoms with van der Waals surface area (Å²) in [4.78, 5) is 37.5. The molecule has 0 aliphatic carbocycles. The van der Waals surface area contributed by atoms with E-state index in [1.165, 1.54) is 19.3 Å². The molecule has 0 aliphatic rings. The van der Waals surface area contributed by atoms with E-state index in [9.17, 15) is 24.2 Å². The van der Waals surface area contributed by atoms with Gasteiger partial charge in [0.2, 0.25) is 0 Å². The van der Waals surface area contributed by atoms with Crippen molar-refractivity contribution in [2.45, 2.75) is 135 Å². The van der Waals surface area contributed by atoms with Crippen LogP contribution in [0, 0.1) is 0 Å². The Hall–Kier alpha value is -3.37. The first-order chi connectivity index (χ1) is 28.4. The Morgan fingerprint density at radius 1 is 0.644 bits per heavy atom. The third-order valence-corrected chi connectivity index (χ3v) is 9.35. The number of aliphatic hydroxyl groups is 1. The van der Waals surface area contributed by atoms with Gasteiger partial charge in [0.15, 0.2) is 6.10 Å². The number of esters is 2. The van der Waals surface area contributed by atoms with Crippen molar-refractivity contribution in [3.8, 4) is 0 Å². The molecule has 0 aromatic rings. The molecule has 0 aliphatic heterocycles. The van der Waals surface area contributed by atoms with Crippen molar-refractivity contribution in [1.29, 1.82) is 0 Å². The Balaban J connectivity index is 4.69. The van der Waals surface area contributed by atoms with Crippen LogP contribution in [0.1, 0.15) is 123 Å². The molecular weight excluding hydrogens is 765 g/mol. The van der Waals surface area contributed by atoms with Gasteiger partial charge >= 0.3 is 11.9 Å². The quantitative estimate of drug-likeness (QED) is 0.0162. The average Bonchev–Trinajstić information content (AvgIpc) is 3.18. The topological polar surface area (TPSA) is 131 Å². The summed E-state index contributed by atoms with van der Waals surface area (Å²) in [5.74, 6) is -1.12. The van der Waals surface area contributed by atoms with E-state index in [0.29, 0.717) is 36.7 Å². The molecule has 0 saturated heterocycles. The Bertz CT molecular complexity index is 1380. The van der Waals surface area contributed by atoms with Crippen LogP contribution in [-0.2, 0) is 32.7 Å². The predicted octanol–water partition coefficient (Wildman–Crippen LogP) is 10.7. The molecule has 3 atom stereocenters. The maximum Gasteiger partial charge on any atom is 0.306 e. The van der Waals surface area contributed by atoms with Crippen LogP contribution in [0.25, 0.3) is 0 Å². The summed E-state index contributed by atoms with van der Waals surface area (Å²) >= 11 is 0. The molecule has 11 heteroatoms.